The maximum atomic E-state index is 12.2. The van der Waals surface area contributed by atoms with Gasteiger partial charge in [-0.3, -0.25) is 0 Å². The Morgan fingerprint density at radius 3 is 2.67 bits per heavy atom. The molecule has 1 aromatic carbocycles. The normalized spacial score (nSPS) is 17.0. The molecular formula is C14H16ClNO4S. The lowest BCUT2D eigenvalue weighted by atomic mass is 10.2. The molecule has 0 aliphatic heterocycles. The molecule has 114 valence electrons. The number of hydrogen-bond donors (Lipinski definition) is 2. The number of halogens is 1. The van der Waals surface area contributed by atoms with E-state index in [1.807, 2.05) is 6.92 Å². The molecule has 0 heterocycles. The molecule has 0 aromatic heterocycles. The van der Waals surface area contributed by atoms with Crippen LogP contribution in [0, 0.1) is 5.41 Å². The SMILES string of the molecule is CC1(CNS(=O)(=O)c2ccc(/C=C/C(=O)O)cc2Cl)CC1. The maximum Gasteiger partial charge on any atom is 0.328 e. The van der Waals surface area contributed by atoms with E-state index in [2.05, 4.69) is 4.72 Å². The number of carboxylic acids is 1. The zero-order valence-electron chi connectivity index (χ0n) is 11.5. The largest absolute Gasteiger partial charge is 0.478 e. The van der Waals surface area contributed by atoms with Gasteiger partial charge in [-0.15, -0.1) is 0 Å². The summed E-state index contributed by atoms with van der Waals surface area (Å²) < 4.78 is 27.0. The van der Waals surface area contributed by atoms with Crippen LogP contribution >= 0.6 is 11.6 Å². The van der Waals surface area contributed by atoms with Gasteiger partial charge < -0.3 is 5.11 Å². The Hall–Kier alpha value is -1.37. The molecule has 0 radical (unpaired) electrons. The van der Waals surface area contributed by atoms with E-state index < -0.39 is 16.0 Å². The van der Waals surface area contributed by atoms with Crippen LogP contribution in [-0.2, 0) is 14.8 Å². The van der Waals surface area contributed by atoms with Gasteiger partial charge in [-0.05, 0) is 42.0 Å². The van der Waals surface area contributed by atoms with E-state index in [1.54, 1.807) is 0 Å². The van der Waals surface area contributed by atoms with Crippen molar-refractivity contribution in [1.82, 2.24) is 4.72 Å². The minimum Gasteiger partial charge on any atom is -0.478 e. The van der Waals surface area contributed by atoms with Crippen LogP contribution in [0.2, 0.25) is 5.02 Å². The highest BCUT2D eigenvalue weighted by atomic mass is 35.5. The second-order valence-electron chi connectivity index (χ2n) is 5.50. The van der Waals surface area contributed by atoms with Crippen molar-refractivity contribution in [3.05, 3.63) is 34.9 Å². The summed E-state index contributed by atoms with van der Waals surface area (Å²) in [6.45, 7) is 2.42. The summed E-state index contributed by atoms with van der Waals surface area (Å²) in [6.07, 6.45) is 4.35. The minimum absolute atomic E-state index is 0.000826. The van der Waals surface area contributed by atoms with Gasteiger partial charge in [-0.1, -0.05) is 24.6 Å². The number of nitrogens with one attached hydrogen (secondary N) is 1. The average Bonchev–Trinajstić information content (AvgIpc) is 3.13. The van der Waals surface area contributed by atoms with Crippen molar-refractivity contribution in [2.75, 3.05) is 6.54 Å². The summed E-state index contributed by atoms with van der Waals surface area (Å²) in [5.41, 5.74) is 0.583. The third kappa shape index (κ3) is 4.30. The summed E-state index contributed by atoms with van der Waals surface area (Å²) in [5.74, 6) is -1.08. The van der Waals surface area contributed by atoms with Crippen LogP contribution in [0.1, 0.15) is 25.3 Å². The van der Waals surface area contributed by atoms with Crippen molar-refractivity contribution >= 4 is 33.7 Å². The molecule has 1 aromatic rings. The third-order valence-corrected chi connectivity index (χ3v) is 5.34. The van der Waals surface area contributed by atoms with E-state index in [4.69, 9.17) is 16.7 Å². The van der Waals surface area contributed by atoms with Gasteiger partial charge in [0, 0.05) is 12.6 Å². The van der Waals surface area contributed by atoms with Gasteiger partial charge in [0.05, 0.1) is 5.02 Å². The summed E-state index contributed by atoms with van der Waals surface area (Å²) >= 11 is 5.99. The molecule has 1 aliphatic carbocycles. The maximum absolute atomic E-state index is 12.2. The minimum atomic E-state index is -3.65. The molecule has 2 N–H and O–H groups in total. The molecule has 5 nitrogen and oxygen atoms in total. The van der Waals surface area contributed by atoms with E-state index >= 15 is 0 Å². The number of sulfonamides is 1. The molecule has 0 bridgehead atoms. The molecule has 1 saturated carbocycles. The van der Waals surface area contributed by atoms with Gasteiger partial charge in [0.25, 0.3) is 0 Å². The molecule has 0 atom stereocenters. The zero-order valence-corrected chi connectivity index (χ0v) is 13.0. The lowest BCUT2D eigenvalue weighted by molar-refractivity contribution is -0.131. The highest BCUT2D eigenvalue weighted by Crippen LogP contribution is 2.44. The van der Waals surface area contributed by atoms with Crippen LogP contribution in [0.3, 0.4) is 0 Å². The molecule has 7 heteroatoms. The molecule has 0 spiro atoms. The standard InChI is InChI=1S/C14H16ClNO4S/c1-14(6-7-14)9-16-21(19,20)12-4-2-10(8-11(12)15)3-5-13(17)18/h2-5,8,16H,6-7,9H2,1H3,(H,17,18)/b5-3+. The third-order valence-electron chi connectivity index (χ3n) is 3.46. The number of carbonyl (C=O) groups is 1. The Labute approximate surface area is 128 Å². The van der Waals surface area contributed by atoms with Crippen LogP contribution in [0.4, 0.5) is 0 Å². The Bertz CT molecular complexity index is 693. The first-order valence-electron chi connectivity index (χ1n) is 6.42. The molecule has 1 fully saturated rings. The summed E-state index contributed by atoms with van der Waals surface area (Å²) in [6, 6.07) is 4.31. The number of benzene rings is 1. The molecule has 0 saturated heterocycles. The fourth-order valence-electron chi connectivity index (χ4n) is 1.74. The Morgan fingerprint density at radius 2 is 2.14 bits per heavy atom. The van der Waals surface area contributed by atoms with Crippen LogP contribution < -0.4 is 4.72 Å². The Balaban J connectivity index is 2.17. The number of aliphatic carboxylic acids is 1. The van der Waals surface area contributed by atoms with E-state index in [0.717, 1.165) is 18.9 Å². The highest BCUT2D eigenvalue weighted by Gasteiger charge is 2.38. The van der Waals surface area contributed by atoms with Crippen molar-refractivity contribution in [1.29, 1.82) is 0 Å². The fraction of sp³-hybridized carbons (Fsp3) is 0.357. The molecule has 1 aliphatic rings. The average molecular weight is 330 g/mol. The van der Waals surface area contributed by atoms with Gasteiger partial charge in [0.15, 0.2) is 0 Å². The zero-order chi connectivity index (χ0) is 15.7. The topological polar surface area (TPSA) is 83.5 Å². The van der Waals surface area contributed by atoms with Crippen molar-refractivity contribution in [2.24, 2.45) is 5.41 Å². The van der Waals surface area contributed by atoms with Crippen LogP contribution in [0.15, 0.2) is 29.2 Å². The van der Waals surface area contributed by atoms with Crippen molar-refractivity contribution < 1.29 is 18.3 Å². The number of hydrogen-bond acceptors (Lipinski definition) is 3. The highest BCUT2D eigenvalue weighted by molar-refractivity contribution is 7.89. The van der Waals surface area contributed by atoms with E-state index in [9.17, 15) is 13.2 Å². The predicted octanol–water partition coefficient (Wildman–Crippen LogP) is 2.52. The van der Waals surface area contributed by atoms with E-state index in [1.165, 1.54) is 24.3 Å². The predicted molar refractivity (Wildman–Crippen MR) is 80.7 cm³/mol. The molecular weight excluding hydrogens is 314 g/mol. The number of carboxylic acid groups (broad SMARTS) is 1. The monoisotopic (exact) mass is 329 g/mol. The first-order chi connectivity index (χ1) is 9.72. The van der Waals surface area contributed by atoms with Gasteiger partial charge in [0.1, 0.15) is 4.90 Å². The molecule has 0 amide bonds. The summed E-state index contributed by atoms with van der Waals surface area (Å²) in [5, 5.41) is 8.62. The molecule has 21 heavy (non-hydrogen) atoms. The molecule has 0 unspecified atom stereocenters. The van der Waals surface area contributed by atoms with Crippen LogP contribution in [0.25, 0.3) is 6.08 Å². The van der Waals surface area contributed by atoms with Crippen LogP contribution in [-0.4, -0.2) is 26.0 Å². The first-order valence-corrected chi connectivity index (χ1v) is 8.28. The Morgan fingerprint density at radius 1 is 1.48 bits per heavy atom. The van der Waals surface area contributed by atoms with Gasteiger partial charge in [0.2, 0.25) is 10.0 Å². The van der Waals surface area contributed by atoms with Gasteiger partial charge in [-0.2, -0.15) is 0 Å². The van der Waals surface area contributed by atoms with Gasteiger partial charge in [-0.25, -0.2) is 17.9 Å². The van der Waals surface area contributed by atoms with E-state index in [0.29, 0.717) is 12.1 Å². The van der Waals surface area contributed by atoms with Crippen molar-refractivity contribution in [3.63, 3.8) is 0 Å². The molecule has 2 rings (SSSR count). The lowest BCUT2D eigenvalue weighted by Gasteiger charge is -2.12. The second kappa shape index (κ2) is 5.79. The lowest BCUT2D eigenvalue weighted by Crippen LogP contribution is -2.29. The summed E-state index contributed by atoms with van der Waals surface area (Å²) in [7, 11) is -3.65. The summed E-state index contributed by atoms with van der Waals surface area (Å²) in [4.78, 5) is 10.4. The first kappa shape index (κ1) is 16.0. The van der Waals surface area contributed by atoms with E-state index in [-0.39, 0.29) is 15.3 Å². The quantitative estimate of drug-likeness (QED) is 0.785. The smallest absolute Gasteiger partial charge is 0.328 e. The second-order valence-corrected chi connectivity index (χ2v) is 7.64. The van der Waals surface area contributed by atoms with Gasteiger partial charge >= 0.3 is 5.97 Å². The Kier molecular flexibility index (Phi) is 4.41. The van der Waals surface area contributed by atoms with Crippen molar-refractivity contribution in [3.8, 4) is 0 Å². The van der Waals surface area contributed by atoms with Crippen LogP contribution in [0.5, 0.6) is 0 Å². The fourth-order valence-corrected chi connectivity index (χ4v) is 3.49. The van der Waals surface area contributed by atoms with Crippen molar-refractivity contribution in [2.45, 2.75) is 24.7 Å². The number of rotatable bonds is 6.